The Morgan fingerprint density at radius 2 is 2.38 bits per heavy atom. The van der Waals surface area contributed by atoms with E-state index in [4.69, 9.17) is 4.74 Å². The Balaban J connectivity index is 1.88. The third kappa shape index (κ3) is 4.43. The van der Waals surface area contributed by atoms with Crippen LogP contribution in [0.2, 0.25) is 0 Å². The first-order valence-electron chi connectivity index (χ1n) is 7.74. The molecular weight excluding hydrogens is 268 g/mol. The molecule has 0 aromatic carbocycles. The Hall–Kier alpha value is -1.62. The quantitative estimate of drug-likeness (QED) is 0.754. The summed E-state index contributed by atoms with van der Waals surface area (Å²) in [5.41, 5.74) is 0.870. The van der Waals surface area contributed by atoms with Crippen molar-refractivity contribution >= 4 is 5.91 Å². The highest BCUT2D eigenvalue weighted by molar-refractivity contribution is 5.79. The van der Waals surface area contributed by atoms with Gasteiger partial charge < -0.3 is 15.2 Å². The molecule has 0 bridgehead atoms. The van der Waals surface area contributed by atoms with Crippen LogP contribution in [-0.4, -0.2) is 28.7 Å². The average Bonchev–Trinajstić information content (AvgIpc) is 2.92. The zero-order valence-corrected chi connectivity index (χ0v) is 12.5. The molecule has 2 unspecified atom stereocenters. The molecule has 2 rings (SSSR count). The van der Waals surface area contributed by atoms with E-state index in [1.54, 1.807) is 6.20 Å². The number of ether oxygens (including phenoxy) is 1. The Morgan fingerprint density at radius 3 is 3.10 bits per heavy atom. The van der Waals surface area contributed by atoms with Gasteiger partial charge in [-0.05, 0) is 31.7 Å². The lowest BCUT2D eigenvalue weighted by atomic mass is 10.1. The Labute approximate surface area is 125 Å². The van der Waals surface area contributed by atoms with Crippen LogP contribution in [0.3, 0.4) is 0 Å². The molecule has 2 N–H and O–H groups in total. The zero-order valence-electron chi connectivity index (χ0n) is 12.5. The summed E-state index contributed by atoms with van der Waals surface area (Å²) in [6.07, 6.45) is 5.63. The highest BCUT2D eigenvalue weighted by atomic mass is 16.5. The molecule has 0 radical (unpaired) electrons. The topological polar surface area (TPSA) is 71.5 Å². The molecule has 2 atom stereocenters. The van der Waals surface area contributed by atoms with Gasteiger partial charge in [0.15, 0.2) is 0 Å². The monoisotopic (exact) mass is 292 g/mol. The Morgan fingerprint density at radius 1 is 1.52 bits per heavy atom. The van der Waals surface area contributed by atoms with Crippen LogP contribution in [0.15, 0.2) is 18.3 Å². The summed E-state index contributed by atoms with van der Waals surface area (Å²) in [5.74, 6) is 0.229. The fourth-order valence-corrected chi connectivity index (χ4v) is 2.56. The van der Waals surface area contributed by atoms with Crippen LogP contribution in [0.25, 0.3) is 0 Å². The molecule has 1 heterocycles. The zero-order chi connectivity index (χ0) is 15.1. The molecule has 5 heteroatoms. The van der Waals surface area contributed by atoms with Crippen molar-refractivity contribution in [1.29, 1.82) is 0 Å². The van der Waals surface area contributed by atoms with E-state index in [0.29, 0.717) is 19.0 Å². The number of aromatic nitrogens is 1. The lowest BCUT2D eigenvalue weighted by Crippen LogP contribution is -2.34. The van der Waals surface area contributed by atoms with Gasteiger partial charge in [-0.1, -0.05) is 19.4 Å². The maximum absolute atomic E-state index is 12.1. The van der Waals surface area contributed by atoms with Crippen LogP contribution in [0.1, 0.15) is 44.6 Å². The van der Waals surface area contributed by atoms with Crippen LogP contribution < -0.4 is 10.1 Å². The van der Waals surface area contributed by atoms with E-state index in [1.165, 1.54) is 0 Å². The van der Waals surface area contributed by atoms with Gasteiger partial charge in [0.25, 0.3) is 0 Å². The summed E-state index contributed by atoms with van der Waals surface area (Å²) in [7, 11) is 0. The van der Waals surface area contributed by atoms with E-state index < -0.39 is 6.10 Å². The van der Waals surface area contributed by atoms with E-state index in [1.807, 2.05) is 12.1 Å². The predicted octanol–water partition coefficient (Wildman–Crippen LogP) is 2.04. The van der Waals surface area contributed by atoms with Crippen molar-refractivity contribution in [2.75, 3.05) is 6.61 Å². The number of nitrogens with one attached hydrogen (secondary N) is 1. The maximum atomic E-state index is 12.1. The lowest BCUT2D eigenvalue weighted by Gasteiger charge is -2.15. The van der Waals surface area contributed by atoms with Gasteiger partial charge in [0, 0.05) is 18.3 Å². The fraction of sp³-hybridized carbons (Fsp3) is 0.625. The number of aliphatic hydroxyl groups is 1. The number of rotatable bonds is 7. The Kier molecular flexibility index (Phi) is 5.99. The minimum Gasteiger partial charge on any atom is -0.477 e. The van der Waals surface area contributed by atoms with Crippen molar-refractivity contribution in [3.63, 3.8) is 0 Å². The summed E-state index contributed by atoms with van der Waals surface area (Å²) in [5, 5.41) is 12.6. The second kappa shape index (κ2) is 7.98. The first-order valence-corrected chi connectivity index (χ1v) is 7.74. The summed E-state index contributed by atoms with van der Waals surface area (Å²) in [6, 6.07) is 3.73. The number of unbranched alkanes of at least 4 members (excludes halogenated alkanes) is 1. The van der Waals surface area contributed by atoms with Gasteiger partial charge in [-0.3, -0.25) is 4.79 Å². The van der Waals surface area contributed by atoms with Crippen molar-refractivity contribution in [2.24, 2.45) is 5.92 Å². The van der Waals surface area contributed by atoms with E-state index in [-0.39, 0.29) is 11.8 Å². The number of nitrogens with zero attached hydrogens (tertiary/aromatic N) is 1. The van der Waals surface area contributed by atoms with Gasteiger partial charge in [-0.2, -0.15) is 0 Å². The van der Waals surface area contributed by atoms with Crippen molar-refractivity contribution in [3.05, 3.63) is 23.9 Å². The molecule has 1 aliphatic carbocycles. The van der Waals surface area contributed by atoms with Crippen molar-refractivity contribution in [1.82, 2.24) is 10.3 Å². The normalized spacial score (nSPS) is 21.2. The number of hydrogen-bond donors (Lipinski definition) is 2. The number of carbonyl (C=O) groups excluding carboxylic acids is 1. The molecule has 5 nitrogen and oxygen atoms in total. The van der Waals surface area contributed by atoms with Gasteiger partial charge in [-0.25, -0.2) is 4.98 Å². The first-order chi connectivity index (χ1) is 10.2. The smallest absolute Gasteiger partial charge is 0.225 e. The van der Waals surface area contributed by atoms with Gasteiger partial charge >= 0.3 is 0 Å². The van der Waals surface area contributed by atoms with Gasteiger partial charge in [0.05, 0.1) is 18.6 Å². The average molecular weight is 292 g/mol. The van der Waals surface area contributed by atoms with Crippen molar-refractivity contribution < 1.29 is 14.6 Å². The third-order valence-electron chi connectivity index (χ3n) is 3.86. The SMILES string of the molecule is CCCCOc1ncccc1CNC(=O)C1CCCC1O. The second-order valence-electron chi connectivity index (χ2n) is 5.49. The number of aliphatic hydroxyl groups excluding tert-OH is 1. The highest BCUT2D eigenvalue weighted by Gasteiger charge is 2.31. The van der Waals surface area contributed by atoms with Crippen LogP contribution in [0.5, 0.6) is 5.88 Å². The molecular formula is C16H24N2O3. The molecule has 0 spiro atoms. The van der Waals surface area contributed by atoms with E-state index in [0.717, 1.165) is 37.7 Å². The molecule has 0 saturated heterocycles. The van der Waals surface area contributed by atoms with Crippen LogP contribution in [0, 0.1) is 5.92 Å². The molecule has 1 aromatic heterocycles. The molecule has 1 aromatic rings. The Bertz CT molecular complexity index is 465. The minimum atomic E-state index is -0.501. The summed E-state index contributed by atoms with van der Waals surface area (Å²) in [6.45, 7) is 3.13. The fourth-order valence-electron chi connectivity index (χ4n) is 2.56. The van der Waals surface area contributed by atoms with Gasteiger partial charge in [0.2, 0.25) is 11.8 Å². The molecule has 21 heavy (non-hydrogen) atoms. The molecule has 1 fully saturated rings. The summed E-state index contributed by atoms with van der Waals surface area (Å²) >= 11 is 0. The van der Waals surface area contributed by atoms with Gasteiger partial charge in [0.1, 0.15) is 0 Å². The summed E-state index contributed by atoms with van der Waals surface area (Å²) in [4.78, 5) is 16.3. The second-order valence-corrected chi connectivity index (χ2v) is 5.49. The number of carbonyl (C=O) groups is 1. The predicted molar refractivity (Wildman–Crippen MR) is 79.8 cm³/mol. The number of amides is 1. The lowest BCUT2D eigenvalue weighted by molar-refractivity contribution is -0.127. The third-order valence-corrected chi connectivity index (χ3v) is 3.86. The number of hydrogen-bond acceptors (Lipinski definition) is 4. The molecule has 116 valence electrons. The van der Waals surface area contributed by atoms with E-state index in [2.05, 4.69) is 17.2 Å². The number of pyridine rings is 1. The van der Waals surface area contributed by atoms with Crippen LogP contribution in [-0.2, 0) is 11.3 Å². The molecule has 1 amide bonds. The summed E-state index contributed by atoms with van der Waals surface area (Å²) < 4.78 is 5.64. The van der Waals surface area contributed by atoms with E-state index in [9.17, 15) is 9.90 Å². The van der Waals surface area contributed by atoms with E-state index >= 15 is 0 Å². The van der Waals surface area contributed by atoms with Crippen molar-refractivity contribution in [3.8, 4) is 5.88 Å². The van der Waals surface area contributed by atoms with Crippen molar-refractivity contribution in [2.45, 2.75) is 51.7 Å². The molecule has 0 aliphatic heterocycles. The van der Waals surface area contributed by atoms with Crippen LogP contribution >= 0.6 is 0 Å². The maximum Gasteiger partial charge on any atom is 0.225 e. The standard InChI is InChI=1S/C16H24N2O3/c1-2-3-10-21-16-12(6-5-9-17-16)11-18-15(20)13-7-4-8-14(13)19/h5-6,9,13-14,19H,2-4,7-8,10-11H2,1H3,(H,18,20). The molecule has 1 aliphatic rings. The largest absolute Gasteiger partial charge is 0.477 e. The first kappa shape index (κ1) is 15.8. The molecule has 1 saturated carbocycles. The highest BCUT2D eigenvalue weighted by Crippen LogP contribution is 2.25. The van der Waals surface area contributed by atoms with Gasteiger partial charge in [-0.15, -0.1) is 0 Å². The van der Waals surface area contributed by atoms with Crippen LogP contribution in [0.4, 0.5) is 0 Å². The minimum absolute atomic E-state index is 0.0802.